The Hall–Kier alpha value is -2.60. The van der Waals surface area contributed by atoms with Crippen molar-refractivity contribution in [2.24, 2.45) is 5.92 Å². The molecule has 0 fully saturated rings. The molecule has 6 heteroatoms. The van der Waals surface area contributed by atoms with Crippen LogP contribution in [-0.4, -0.2) is 53.9 Å². The van der Waals surface area contributed by atoms with E-state index >= 15 is 0 Å². The second-order valence-electron chi connectivity index (χ2n) is 8.62. The molecule has 2 aromatic rings. The maximum atomic E-state index is 12.7. The SMILES string of the molecule is COC(=O)C1C=C2c3cccc4c3c(cn4C(=O)OC(C)(C)C)C[C@H]2N(C)C1. The van der Waals surface area contributed by atoms with Gasteiger partial charge in [0.15, 0.2) is 0 Å². The smallest absolute Gasteiger partial charge is 0.419 e. The van der Waals surface area contributed by atoms with Crippen LogP contribution in [0.2, 0.25) is 0 Å². The molecule has 1 aliphatic carbocycles. The number of hydrogen-bond acceptors (Lipinski definition) is 5. The molecule has 1 aliphatic heterocycles. The first-order valence-electron chi connectivity index (χ1n) is 9.56. The van der Waals surface area contributed by atoms with Gasteiger partial charge in [0.05, 0.1) is 18.5 Å². The third kappa shape index (κ3) is 3.02. The predicted molar refractivity (Wildman–Crippen MR) is 107 cm³/mol. The van der Waals surface area contributed by atoms with Gasteiger partial charge in [-0.2, -0.15) is 0 Å². The first-order valence-corrected chi connectivity index (χ1v) is 9.56. The van der Waals surface area contributed by atoms with E-state index in [1.165, 1.54) is 7.11 Å². The van der Waals surface area contributed by atoms with Crippen molar-refractivity contribution in [1.29, 1.82) is 0 Å². The minimum Gasteiger partial charge on any atom is -0.469 e. The molecule has 1 aromatic carbocycles. The summed E-state index contributed by atoms with van der Waals surface area (Å²) >= 11 is 0. The second kappa shape index (κ2) is 6.48. The molecule has 4 rings (SSSR count). The van der Waals surface area contributed by atoms with E-state index in [1.807, 2.05) is 52.2 Å². The molecule has 2 aliphatic rings. The predicted octanol–water partition coefficient (Wildman–Crippen LogP) is 3.47. The summed E-state index contributed by atoms with van der Waals surface area (Å²) in [4.78, 5) is 27.1. The molecule has 0 bridgehead atoms. The normalized spacial score (nSPS) is 21.8. The van der Waals surface area contributed by atoms with E-state index in [0.29, 0.717) is 6.54 Å². The zero-order chi connectivity index (χ0) is 20.2. The van der Waals surface area contributed by atoms with Crippen LogP contribution in [0.4, 0.5) is 4.79 Å². The first-order chi connectivity index (χ1) is 13.2. The summed E-state index contributed by atoms with van der Waals surface area (Å²) < 4.78 is 12.2. The van der Waals surface area contributed by atoms with Crippen LogP contribution in [0.3, 0.4) is 0 Å². The lowest BCUT2D eigenvalue weighted by Gasteiger charge is -2.39. The van der Waals surface area contributed by atoms with Crippen LogP contribution >= 0.6 is 0 Å². The van der Waals surface area contributed by atoms with Crippen LogP contribution in [0.5, 0.6) is 0 Å². The Morgan fingerprint density at radius 2 is 1.96 bits per heavy atom. The number of nitrogens with zero attached hydrogens (tertiary/aromatic N) is 2. The molecule has 1 unspecified atom stereocenters. The van der Waals surface area contributed by atoms with E-state index in [4.69, 9.17) is 9.47 Å². The molecule has 0 N–H and O–H groups in total. The molecule has 0 amide bonds. The summed E-state index contributed by atoms with van der Waals surface area (Å²) in [7, 11) is 3.46. The fraction of sp³-hybridized carbons (Fsp3) is 0.455. The summed E-state index contributed by atoms with van der Waals surface area (Å²) in [6, 6.07) is 6.13. The summed E-state index contributed by atoms with van der Waals surface area (Å²) in [6.07, 6.45) is 4.36. The summed E-state index contributed by atoms with van der Waals surface area (Å²) in [6.45, 7) is 6.21. The first kappa shape index (κ1) is 18.7. The standard InChI is InChI=1S/C22H26N2O4/c1-22(2,3)28-21(26)24-12-13-10-18-16(15-7-6-8-17(24)19(13)15)9-14(11-23(18)4)20(25)27-5/h6-9,12,14,18H,10-11H2,1-5H3/t14?,18-/m1/s1. The lowest BCUT2D eigenvalue weighted by molar-refractivity contribution is -0.144. The molecular formula is C22H26N2O4. The number of fused-ring (bicyclic) bond motifs is 2. The number of benzene rings is 1. The van der Waals surface area contributed by atoms with E-state index < -0.39 is 5.60 Å². The topological polar surface area (TPSA) is 60.8 Å². The molecule has 1 aromatic heterocycles. The molecule has 0 spiro atoms. The van der Waals surface area contributed by atoms with E-state index in [1.54, 1.807) is 4.57 Å². The number of carbonyl (C=O) groups excluding carboxylic acids is 2. The van der Waals surface area contributed by atoms with Crippen molar-refractivity contribution in [2.45, 2.75) is 38.8 Å². The highest BCUT2D eigenvalue weighted by Crippen LogP contribution is 2.41. The molecule has 6 nitrogen and oxygen atoms in total. The van der Waals surface area contributed by atoms with Crippen LogP contribution < -0.4 is 0 Å². The minimum absolute atomic E-state index is 0.175. The van der Waals surface area contributed by atoms with Crippen LogP contribution in [0.15, 0.2) is 30.5 Å². The summed E-state index contributed by atoms with van der Waals surface area (Å²) in [5.74, 6) is -0.506. The minimum atomic E-state index is -0.559. The van der Waals surface area contributed by atoms with Crippen LogP contribution in [-0.2, 0) is 20.7 Å². The van der Waals surface area contributed by atoms with Gasteiger partial charge >= 0.3 is 12.1 Å². The molecular weight excluding hydrogens is 356 g/mol. The van der Waals surface area contributed by atoms with Gasteiger partial charge in [0.2, 0.25) is 0 Å². The molecule has 0 saturated heterocycles. The van der Waals surface area contributed by atoms with Gasteiger partial charge in [-0.25, -0.2) is 4.79 Å². The maximum absolute atomic E-state index is 12.7. The van der Waals surface area contributed by atoms with Gasteiger partial charge in [-0.1, -0.05) is 18.2 Å². The van der Waals surface area contributed by atoms with E-state index in [9.17, 15) is 9.59 Å². The van der Waals surface area contributed by atoms with Crippen molar-refractivity contribution < 1.29 is 19.1 Å². The van der Waals surface area contributed by atoms with Gasteiger partial charge in [0, 0.05) is 24.2 Å². The largest absolute Gasteiger partial charge is 0.469 e. The zero-order valence-electron chi connectivity index (χ0n) is 17.0. The number of likely N-dealkylation sites (N-methyl/N-ethyl adjacent to an activating group) is 1. The lowest BCUT2D eigenvalue weighted by Crippen LogP contribution is -2.44. The van der Waals surface area contributed by atoms with E-state index in [-0.39, 0.29) is 24.0 Å². The Morgan fingerprint density at radius 3 is 2.64 bits per heavy atom. The van der Waals surface area contributed by atoms with Gasteiger partial charge in [-0.15, -0.1) is 0 Å². The number of rotatable bonds is 1. The molecule has 2 heterocycles. The van der Waals surface area contributed by atoms with Crippen molar-refractivity contribution >= 4 is 28.5 Å². The number of hydrogen-bond donors (Lipinski definition) is 0. The highest BCUT2D eigenvalue weighted by molar-refractivity contribution is 6.02. The van der Waals surface area contributed by atoms with Crippen LogP contribution in [0, 0.1) is 5.92 Å². The summed E-state index contributed by atoms with van der Waals surface area (Å²) in [5.41, 5.74) is 3.61. The quantitative estimate of drug-likeness (QED) is 0.707. The Kier molecular flexibility index (Phi) is 4.34. The van der Waals surface area contributed by atoms with Gasteiger partial charge < -0.3 is 9.47 Å². The zero-order valence-corrected chi connectivity index (χ0v) is 17.0. The van der Waals surface area contributed by atoms with Crippen molar-refractivity contribution in [3.8, 4) is 0 Å². The van der Waals surface area contributed by atoms with Crippen LogP contribution in [0.1, 0.15) is 31.9 Å². The molecule has 28 heavy (non-hydrogen) atoms. The Balaban J connectivity index is 1.84. The number of carbonyl (C=O) groups is 2. The third-order valence-electron chi connectivity index (χ3n) is 5.48. The second-order valence-corrected chi connectivity index (χ2v) is 8.62. The summed E-state index contributed by atoms with van der Waals surface area (Å²) in [5, 5.41) is 1.06. The van der Waals surface area contributed by atoms with Gasteiger partial charge in [0.25, 0.3) is 0 Å². The van der Waals surface area contributed by atoms with Crippen molar-refractivity contribution in [2.75, 3.05) is 20.7 Å². The molecule has 148 valence electrons. The highest BCUT2D eigenvalue weighted by atomic mass is 16.6. The van der Waals surface area contributed by atoms with Crippen LogP contribution in [0.25, 0.3) is 16.5 Å². The third-order valence-corrected chi connectivity index (χ3v) is 5.48. The number of methoxy groups -OCH3 is 1. The Morgan fingerprint density at radius 1 is 1.21 bits per heavy atom. The highest BCUT2D eigenvalue weighted by Gasteiger charge is 2.37. The van der Waals surface area contributed by atoms with Crippen molar-refractivity contribution in [3.05, 3.63) is 41.6 Å². The molecule has 0 saturated carbocycles. The van der Waals surface area contributed by atoms with Gasteiger partial charge in [-0.05, 0) is 57.0 Å². The lowest BCUT2D eigenvalue weighted by atomic mass is 9.80. The number of esters is 1. The molecule has 2 atom stereocenters. The Labute approximate surface area is 164 Å². The van der Waals surface area contributed by atoms with E-state index in [2.05, 4.69) is 11.0 Å². The fourth-order valence-corrected chi connectivity index (χ4v) is 4.32. The van der Waals surface area contributed by atoms with E-state index in [0.717, 1.165) is 34.0 Å². The average molecular weight is 382 g/mol. The van der Waals surface area contributed by atoms with Crippen molar-refractivity contribution in [1.82, 2.24) is 9.47 Å². The number of aromatic nitrogens is 1. The fourth-order valence-electron chi connectivity index (χ4n) is 4.32. The van der Waals surface area contributed by atoms with Gasteiger partial charge in [0.1, 0.15) is 5.60 Å². The van der Waals surface area contributed by atoms with Crippen molar-refractivity contribution in [3.63, 3.8) is 0 Å². The number of ether oxygens (including phenoxy) is 2. The maximum Gasteiger partial charge on any atom is 0.419 e. The Bertz CT molecular complexity index is 996. The molecule has 0 radical (unpaired) electrons. The van der Waals surface area contributed by atoms with Gasteiger partial charge in [-0.3, -0.25) is 14.3 Å². The average Bonchev–Trinajstić information content (AvgIpc) is 3.00. The monoisotopic (exact) mass is 382 g/mol.